The van der Waals surface area contributed by atoms with Crippen LogP contribution in [0.15, 0.2) is 54.6 Å². The van der Waals surface area contributed by atoms with E-state index in [1.165, 1.54) is 18.2 Å². The van der Waals surface area contributed by atoms with Crippen LogP contribution in [-0.4, -0.2) is 94.8 Å². The molecule has 0 bridgehead atoms. The van der Waals surface area contributed by atoms with Crippen LogP contribution in [0.5, 0.6) is 0 Å². The second kappa shape index (κ2) is 17.4. The van der Waals surface area contributed by atoms with Crippen LogP contribution in [0.3, 0.4) is 0 Å². The summed E-state index contributed by atoms with van der Waals surface area (Å²) in [6.07, 6.45) is -2.54. The lowest BCUT2D eigenvalue weighted by molar-refractivity contribution is -0.137. The highest BCUT2D eigenvalue weighted by atomic mass is 32.1. The predicted octanol–water partition coefficient (Wildman–Crippen LogP) is 5.39. The van der Waals surface area contributed by atoms with Gasteiger partial charge >= 0.3 is 6.18 Å². The number of aryl methyl sites for hydroxylation is 2. The van der Waals surface area contributed by atoms with Gasteiger partial charge in [-0.25, -0.2) is 4.39 Å². The van der Waals surface area contributed by atoms with Crippen molar-refractivity contribution in [3.63, 3.8) is 0 Å². The third kappa shape index (κ3) is 9.42. The van der Waals surface area contributed by atoms with Crippen molar-refractivity contribution < 1.29 is 37.1 Å². The number of amides is 3. The van der Waals surface area contributed by atoms with Gasteiger partial charge in [-0.3, -0.25) is 24.2 Å². The van der Waals surface area contributed by atoms with Crippen molar-refractivity contribution in [2.24, 2.45) is 0 Å². The number of carbonyl (C=O) groups excluding carboxylic acids is 3. The van der Waals surface area contributed by atoms with Crippen LogP contribution in [0.25, 0.3) is 0 Å². The lowest BCUT2D eigenvalue weighted by Crippen LogP contribution is -2.49. The molecule has 3 fully saturated rings. The number of piperidine rings is 1. The van der Waals surface area contributed by atoms with Gasteiger partial charge in [-0.15, -0.1) is 0 Å². The molecule has 0 aromatic heterocycles. The number of hydrogen-bond acceptors (Lipinski definition) is 9. The van der Waals surface area contributed by atoms with E-state index < -0.39 is 46.8 Å². The van der Waals surface area contributed by atoms with Crippen LogP contribution < -0.4 is 25.8 Å². The molecule has 3 aliphatic rings. The molecule has 2 unspecified atom stereocenters. The van der Waals surface area contributed by atoms with Gasteiger partial charge in [0.15, 0.2) is 5.11 Å². The molecular weight excluding hydrogens is 777 g/mol. The number of aliphatic hydroxyl groups excluding tert-OH is 1. The number of nitrogens with one attached hydrogen (secondary N) is 3. The monoisotopic (exact) mass is 822 g/mol. The number of piperazine rings is 1. The molecule has 3 aromatic carbocycles. The summed E-state index contributed by atoms with van der Waals surface area (Å²) in [5, 5.41) is 27.1. The van der Waals surface area contributed by atoms with E-state index in [-0.39, 0.29) is 34.8 Å². The number of alkyl halides is 3. The highest BCUT2D eigenvalue weighted by Gasteiger charge is 2.51. The van der Waals surface area contributed by atoms with Crippen molar-refractivity contribution in [3.8, 4) is 6.07 Å². The average Bonchev–Trinajstić information content (AvgIpc) is 3.34. The van der Waals surface area contributed by atoms with Crippen LogP contribution in [0.2, 0.25) is 0 Å². The summed E-state index contributed by atoms with van der Waals surface area (Å²) in [7, 11) is 0. The van der Waals surface area contributed by atoms with Crippen molar-refractivity contribution in [3.05, 3.63) is 82.7 Å². The highest BCUT2D eigenvalue weighted by molar-refractivity contribution is 7.81. The maximum atomic E-state index is 14.4. The molecule has 0 radical (unpaired) electrons. The molecule has 3 amide bonds. The fraction of sp³-hybridized carbons (Fsp3) is 0.439. The van der Waals surface area contributed by atoms with Gasteiger partial charge < -0.3 is 30.9 Å². The van der Waals surface area contributed by atoms with E-state index in [0.29, 0.717) is 43.7 Å². The molecule has 3 heterocycles. The van der Waals surface area contributed by atoms with E-state index in [4.69, 9.17) is 12.2 Å². The summed E-state index contributed by atoms with van der Waals surface area (Å²) in [6.45, 7) is 9.29. The molecule has 17 heteroatoms. The summed E-state index contributed by atoms with van der Waals surface area (Å²) >= 11 is 5.73. The topological polar surface area (TPSA) is 144 Å². The Kier molecular flexibility index (Phi) is 12.7. The minimum Gasteiger partial charge on any atom is -0.374 e. The number of thiocarbonyl (C=S) groups is 1. The smallest absolute Gasteiger partial charge is 0.374 e. The summed E-state index contributed by atoms with van der Waals surface area (Å²) < 4.78 is 55.7. The van der Waals surface area contributed by atoms with Crippen molar-refractivity contribution in [2.45, 2.75) is 76.9 Å². The van der Waals surface area contributed by atoms with Crippen LogP contribution in [0, 0.1) is 17.1 Å². The molecule has 58 heavy (non-hydrogen) atoms. The van der Waals surface area contributed by atoms with Gasteiger partial charge in [-0.2, -0.15) is 18.4 Å². The first-order valence-electron chi connectivity index (χ1n) is 19.2. The summed E-state index contributed by atoms with van der Waals surface area (Å²) in [5.41, 5.74) is 0.556. The fourth-order valence-corrected chi connectivity index (χ4v) is 8.25. The van der Waals surface area contributed by atoms with Gasteiger partial charge in [0.2, 0.25) is 11.8 Å². The maximum Gasteiger partial charge on any atom is 0.417 e. The van der Waals surface area contributed by atoms with E-state index in [1.54, 1.807) is 30.9 Å². The molecule has 3 aliphatic heterocycles. The predicted molar refractivity (Wildman–Crippen MR) is 216 cm³/mol. The largest absolute Gasteiger partial charge is 0.417 e. The second-order valence-electron chi connectivity index (χ2n) is 15.3. The lowest BCUT2D eigenvalue weighted by atomic mass is 9.97. The van der Waals surface area contributed by atoms with Crippen molar-refractivity contribution >= 4 is 57.8 Å². The molecule has 6 rings (SSSR count). The molecule has 2 atom stereocenters. The minimum atomic E-state index is -4.79. The van der Waals surface area contributed by atoms with Gasteiger partial charge in [-0.05, 0) is 124 Å². The zero-order chi connectivity index (χ0) is 41.9. The van der Waals surface area contributed by atoms with E-state index in [1.807, 2.05) is 30.0 Å². The van der Waals surface area contributed by atoms with Crippen LogP contribution in [0.4, 0.5) is 40.3 Å². The molecule has 3 aromatic rings. The molecule has 0 aliphatic carbocycles. The number of nitrogens with zero attached hydrogens (tertiary/aromatic N) is 5. The van der Waals surface area contributed by atoms with E-state index in [2.05, 4.69) is 20.9 Å². The minimum absolute atomic E-state index is 0.0454. The molecule has 4 N–H and O–H groups in total. The Labute approximate surface area is 339 Å². The van der Waals surface area contributed by atoms with Gasteiger partial charge in [0.05, 0.1) is 29.4 Å². The number of halogens is 4. The first-order chi connectivity index (χ1) is 27.5. The van der Waals surface area contributed by atoms with Gasteiger partial charge in [0.25, 0.3) is 5.91 Å². The Morgan fingerprint density at radius 3 is 2.34 bits per heavy atom. The Morgan fingerprint density at radius 2 is 1.67 bits per heavy atom. The number of nitriles is 1. The number of aliphatic hydroxyl groups is 1. The summed E-state index contributed by atoms with van der Waals surface area (Å²) in [4.78, 5) is 45.9. The van der Waals surface area contributed by atoms with Crippen molar-refractivity contribution in [2.75, 3.05) is 59.7 Å². The molecular formula is C41H46F4N8O4S. The van der Waals surface area contributed by atoms with E-state index in [0.717, 1.165) is 60.6 Å². The molecule has 12 nitrogen and oxygen atoms in total. The Morgan fingerprint density at radius 1 is 0.983 bits per heavy atom. The quantitative estimate of drug-likeness (QED) is 0.139. The Hall–Kier alpha value is -5.15. The zero-order valence-electron chi connectivity index (χ0n) is 32.5. The van der Waals surface area contributed by atoms with Gasteiger partial charge in [-0.1, -0.05) is 13.0 Å². The number of benzene rings is 3. The second-order valence-corrected chi connectivity index (χ2v) is 15.6. The van der Waals surface area contributed by atoms with Gasteiger partial charge in [0.1, 0.15) is 23.6 Å². The lowest BCUT2D eigenvalue weighted by Gasteiger charge is -2.34. The first kappa shape index (κ1) is 42.5. The van der Waals surface area contributed by atoms with Crippen molar-refractivity contribution in [1.82, 2.24) is 15.1 Å². The Balaban J connectivity index is 0.999. The average molecular weight is 823 g/mol. The summed E-state index contributed by atoms with van der Waals surface area (Å²) in [5.74, 6) is -1.71. The fourth-order valence-electron chi connectivity index (χ4n) is 7.73. The number of carbonyl (C=O) groups is 3. The molecule has 308 valence electrons. The normalized spacial score (nSPS) is 20.2. The maximum absolute atomic E-state index is 14.4. The molecule has 0 saturated carbocycles. The first-order valence-corrected chi connectivity index (χ1v) is 19.6. The van der Waals surface area contributed by atoms with Crippen LogP contribution >= 0.6 is 12.2 Å². The van der Waals surface area contributed by atoms with Crippen LogP contribution in [0.1, 0.15) is 62.3 Å². The van der Waals surface area contributed by atoms with E-state index >= 15 is 0 Å². The summed E-state index contributed by atoms with van der Waals surface area (Å²) in [6, 6.07) is 14.0. The van der Waals surface area contributed by atoms with Crippen molar-refractivity contribution in [1.29, 1.82) is 5.26 Å². The number of hydrogen-bond donors (Lipinski definition) is 4. The van der Waals surface area contributed by atoms with E-state index in [9.17, 15) is 42.3 Å². The zero-order valence-corrected chi connectivity index (χ0v) is 33.3. The Bertz CT molecular complexity index is 2120. The van der Waals surface area contributed by atoms with Gasteiger partial charge in [0, 0.05) is 43.2 Å². The number of anilines is 4. The molecule has 0 spiro atoms. The molecule has 3 saturated heterocycles. The third-order valence-corrected chi connectivity index (χ3v) is 11.2. The standard InChI is InChI=1S/C41H46F4N8O4S/c1-4-25-18-32(53-39(58)52(38(57)40(53,2)3)31-9-8-27(23-46)33(22-31)41(43,44)45)10-7-26(25)6-5-13-50-14-16-51(17-15-50)24-36(55)48-30-20-28(42)19-29(21-30)47-34-11-12-35(54)49-37(34)56/h7-10,18-22,34-35,47,54H,4-6,11-17,24H2,1-3H3,(H,48,55)(H,49,56). The van der Waals surface area contributed by atoms with Crippen LogP contribution in [-0.2, 0) is 33.4 Å². The SMILES string of the molecule is CCc1cc(N2C(=S)N(c3ccc(C#N)c(C(F)(F)F)c3)C(=O)C2(C)C)ccc1CCCN1CCN(CC(=O)Nc2cc(F)cc(NC3CCC(O)NC3=O)c2)CC1. The highest BCUT2D eigenvalue weighted by Crippen LogP contribution is 2.40. The number of rotatable bonds is 12. The third-order valence-electron chi connectivity index (χ3n) is 10.8.